The molecule has 6 rings (SSSR count). The van der Waals surface area contributed by atoms with E-state index >= 15 is 0 Å². The molecule has 1 aromatic carbocycles. The van der Waals surface area contributed by atoms with Gasteiger partial charge in [0.05, 0.1) is 6.26 Å². The molecule has 8 nitrogen and oxygen atoms in total. The third-order valence-electron chi connectivity index (χ3n) is 6.58. The minimum absolute atomic E-state index is 0.0782. The number of rotatable bonds is 5. The van der Waals surface area contributed by atoms with Crippen molar-refractivity contribution in [1.82, 2.24) is 19.5 Å². The van der Waals surface area contributed by atoms with Crippen LogP contribution < -0.4 is 10.2 Å². The maximum atomic E-state index is 13.5. The number of nitrogens with zero attached hydrogens (tertiary/aromatic N) is 5. The van der Waals surface area contributed by atoms with E-state index in [9.17, 15) is 9.18 Å². The average molecular weight is 481 g/mol. The number of furan rings is 1. The molecule has 0 spiro atoms. The number of hydrogen-bond donors (Lipinski definition) is 1. The highest BCUT2D eigenvalue weighted by molar-refractivity contribution is 7.20. The predicted octanol–water partition coefficient (Wildman–Crippen LogP) is 4.51. The van der Waals surface area contributed by atoms with Crippen molar-refractivity contribution in [3.05, 3.63) is 54.2 Å². The highest BCUT2D eigenvalue weighted by Gasteiger charge is 2.27. The molecule has 34 heavy (non-hydrogen) atoms. The zero-order valence-corrected chi connectivity index (χ0v) is 19.4. The van der Waals surface area contributed by atoms with Gasteiger partial charge < -0.3 is 19.5 Å². The monoisotopic (exact) mass is 480 g/mol. The Labute approximate surface area is 200 Å². The Morgan fingerprint density at radius 2 is 1.85 bits per heavy atom. The molecular weight excluding hydrogens is 455 g/mol. The molecule has 1 amide bonds. The van der Waals surface area contributed by atoms with Crippen LogP contribution in [0.1, 0.15) is 36.2 Å². The second-order valence-electron chi connectivity index (χ2n) is 8.78. The van der Waals surface area contributed by atoms with Gasteiger partial charge in [-0.15, -0.1) is 5.10 Å². The van der Waals surface area contributed by atoms with Gasteiger partial charge in [0.25, 0.3) is 5.91 Å². The summed E-state index contributed by atoms with van der Waals surface area (Å²) in [5, 5.41) is 9.45. The summed E-state index contributed by atoms with van der Waals surface area (Å²) in [7, 11) is 0. The molecule has 4 aromatic rings. The number of carbonyl (C=O) groups is 1. The van der Waals surface area contributed by atoms with Crippen LogP contribution >= 0.6 is 11.3 Å². The lowest BCUT2D eigenvalue weighted by Gasteiger charge is -2.33. The van der Waals surface area contributed by atoms with Crippen LogP contribution in [0.4, 0.5) is 15.3 Å². The minimum Gasteiger partial charge on any atom is -0.459 e. The third-order valence-corrected chi connectivity index (χ3v) is 7.55. The van der Waals surface area contributed by atoms with E-state index in [0.717, 1.165) is 40.0 Å². The number of imidazole rings is 1. The van der Waals surface area contributed by atoms with E-state index in [1.54, 1.807) is 24.3 Å². The Balaban J connectivity index is 1.26. The summed E-state index contributed by atoms with van der Waals surface area (Å²) >= 11 is 1.53. The fraction of sp³-hybridized carbons (Fsp3) is 0.375. The number of piperazine rings is 1. The molecule has 10 heteroatoms. The SMILES string of the molecule is O=C(c1ccco1)N1CCN(c2nn3c(NC4CCCC4)c(-c4ccc(F)cc4)nc3s2)CC1. The van der Waals surface area contributed by atoms with Gasteiger partial charge in [0.1, 0.15) is 11.5 Å². The summed E-state index contributed by atoms with van der Waals surface area (Å²) in [5.41, 5.74) is 1.66. The predicted molar refractivity (Wildman–Crippen MR) is 129 cm³/mol. The van der Waals surface area contributed by atoms with Crippen molar-refractivity contribution in [2.75, 3.05) is 36.4 Å². The minimum atomic E-state index is -0.264. The summed E-state index contributed by atoms with van der Waals surface area (Å²) in [6, 6.07) is 10.3. The van der Waals surface area contributed by atoms with Gasteiger partial charge >= 0.3 is 0 Å². The van der Waals surface area contributed by atoms with Crippen LogP contribution in [0.2, 0.25) is 0 Å². The number of fused-ring (bicyclic) bond motifs is 1. The lowest BCUT2D eigenvalue weighted by Crippen LogP contribution is -2.48. The zero-order valence-electron chi connectivity index (χ0n) is 18.6. The van der Waals surface area contributed by atoms with Crippen molar-refractivity contribution >= 4 is 33.2 Å². The molecule has 2 aliphatic rings. The lowest BCUT2D eigenvalue weighted by atomic mass is 10.1. The number of hydrogen-bond acceptors (Lipinski definition) is 7. The summed E-state index contributed by atoms with van der Waals surface area (Å²) in [6.45, 7) is 2.60. The molecule has 176 valence electrons. The van der Waals surface area contributed by atoms with Gasteiger partial charge in [-0.3, -0.25) is 4.79 Å². The van der Waals surface area contributed by atoms with Gasteiger partial charge in [0, 0.05) is 37.8 Å². The highest BCUT2D eigenvalue weighted by Crippen LogP contribution is 2.35. The van der Waals surface area contributed by atoms with Gasteiger partial charge in [-0.05, 0) is 49.2 Å². The lowest BCUT2D eigenvalue weighted by molar-refractivity contribution is 0.0714. The van der Waals surface area contributed by atoms with Crippen molar-refractivity contribution in [1.29, 1.82) is 0 Å². The molecule has 1 N–H and O–H groups in total. The van der Waals surface area contributed by atoms with Gasteiger partial charge in [0.2, 0.25) is 10.1 Å². The number of carbonyl (C=O) groups excluding carboxylic acids is 1. The van der Waals surface area contributed by atoms with Gasteiger partial charge in [0.15, 0.2) is 11.6 Å². The summed E-state index contributed by atoms with van der Waals surface area (Å²) in [4.78, 5) is 22.2. The van der Waals surface area contributed by atoms with Gasteiger partial charge in [-0.1, -0.05) is 24.2 Å². The second-order valence-corrected chi connectivity index (χ2v) is 9.71. The molecule has 0 unspecified atom stereocenters. The molecule has 1 saturated heterocycles. The third kappa shape index (κ3) is 3.91. The van der Waals surface area contributed by atoms with E-state index in [0.29, 0.717) is 38.0 Å². The summed E-state index contributed by atoms with van der Waals surface area (Å²) in [6.07, 6.45) is 6.20. The highest BCUT2D eigenvalue weighted by atomic mass is 32.1. The number of halogens is 1. The van der Waals surface area contributed by atoms with Crippen molar-refractivity contribution in [3.63, 3.8) is 0 Å². The van der Waals surface area contributed by atoms with E-state index in [1.807, 2.05) is 9.42 Å². The van der Waals surface area contributed by atoms with E-state index in [1.165, 1.54) is 42.6 Å². The standard InChI is InChI=1S/C24H25FN6O2S/c25-17-9-7-16(8-10-17)20-21(26-18-4-1-2-5-18)31-23(27-20)34-24(28-31)30-13-11-29(12-14-30)22(32)19-6-3-15-33-19/h3,6-10,15,18,26H,1-2,4-5,11-14H2. The molecule has 0 radical (unpaired) electrons. The molecule has 4 heterocycles. The fourth-order valence-electron chi connectivity index (χ4n) is 4.73. The van der Waals surface area contributed by atoms with Crippen LogP contribution in [0.5, 0.6) is 0 Å². The van der Waals surface area contributed by atoms with Gasteiger partial charge in [-0.2, -0.15) is 4.52 Å². The molecule has 1 saturated carbocycles. The Kier molecular flexibility index (Phi) is 5.44. The molecule has 2 fully saturated rings. The quantitative estimate of drug-likeness (QED) is 0.453. The molecular formula is C24H25FN6O2S. The van der Waals surface area contributed by atoms with Gasteiger partial charge in [-0.25, -0.2) is 9.37 Å². The number of nitrogens with one attached hydrogen (secondary N) is 1. The topological polar surface area (TPSA) is 78.9 Å². The van der Waals surface area contributed by atoms with Crippen molar-refractivity contribution in [2.24, 2.45) is 0 Å². The largest absolute Gasteiger partial charge is 0.459 e. The van der Waals surface area contributed by atoms with Crippen LogP contribution in [-0.4, -0.2) is 57.6 Å². The molecule has 0 bridgehead atoms. The fourth-order valence-corrected chi connectivity index (χ4v) is 5.68. The van der Waals surface area contributed by atoms with Crippen molar-refractivity contribution < 1.29 is 13.6 Å². The molecule has 1 aliphatic carbocycles. The van der Waals surface area contributed by atoms with Crippen LogP contribution in [0, 0.1) is 5.82 Å². The number of aromatic nitrogens is 3. The zero-order chi connectivity index (χ0) is 23.1. The molecule has 1 aliphatic heterocycles. The first-order chi connectivity index (χ1) is 16.7. The maximum absolute atomic E-state index is 13.5. The van der Waals surface area contributed by atoms with Crippen LogP contribution in [-0.2, 0) is 0 Å². The van der Waals surface area contributed by atoms with Crippen LogP contribution in [0.15, 0.2) is 47.1 Å². The molecule has 0 atom stereocenters. The first-order valence-corrected chi connectivity index (χ1v) is 12.5. The summed E-state index contributed by atoms with van der Waals surface area (Å²) < 4.78 is 20.6. The number of anilines is 2. The maximum Gasteiger partial charge on any atom is 0.289 e. The Morgan fingerprint density at radius 1 is 1.09 bits per heavy atom. The van der Waals surface area contributed by atoms with Crippen LogP contribution in [0.25, 0.3) is 16.2 Å². The number of amides is 1. The second kappa shape index (κ2) is 8.75. The first kappa shape index (κ1) is 21.2. The van der Waals surface area contributed by atoms with Crippen molar-refractivity contribution in [3.8, 4) is 11.3 Å². The van der Waals surface area contributed by atoms with Crippen LogP contribution in [0.3, 0.4) is 0 Å². The van der Waals surface area contributed by atoms with E-state index in [4.69, 9.17) is 14.5 Å². The Hall–Kier alpha value is -3.40. The Morgan fingerprint density at radius 3 is 2.56 bits per heavy atom. The smallest absolute Gasteiger partial charge is 0.289 e. The Bertz CT molecular complexity index is 1290. The first-order valence-electron chi connectivity index (χ1n) is 11.7. The molecule has 3 aromatic heterocycles. The average Bonchev–Trinajstić information content (AvgIpc) is 3.66. The van der Waals surface area contributed by atoms with Crippen molar-refractivity contribution in [2.45, 2.75) is 31.7 Å². The van der Waals surface area contributed by atoms with E-state index in [-0.39, 0.29) is 11.7 Å². The normalized spacial score (nSPS) is 17.1. The number of benzene rings is 1. The van der Waals surface area contributed by atoms with E-state index < -0.39 is 0 Å². The van der Waals surface area contributed by atoms with E-state index in [2.05, 4.69) is 10.2 Å². The summed E-state index contributed by atoms with van der Waals surface area (Å²) in [5.74, 6) is 0.894.